The number of carbonyl (C=O) groups is 1. The molecule has 3 rings (SSSR count). The van der Waals surface area contributed by atoms with Gasteiger partial charge in [-0.05, 0) is 45.6 Å². The van der Waals surface area contributed by atoms with Crippen molar-refractivity contribution in [3.63, 3.8) is 0 Å². The third-order valence-electron chi connectivity index (χ3n) is 5.30. The lowest BCUT2D eigenvalue weighted by Crippen LogP contribution is -2.62. The smallest absolute Gasteiger partial charge is 0.327 e. The van der Waals surface area contributed by atoms with Crippen molar-refractivity contribution in [2.45, 2.75) is 44.2 Å². The monoisotopic (exact) mass is 295 g/mol. The Morgan fingerprint density at radius 2 is 1.86 bits per heavy atom. The molecule has 3 aliphatic rings. The Labute approximate surface area is 128 Å². The molecule has 2 aliphatic carbocycles. The minimum Gasteiger partial charge on any atom is -0.465 e. The summed E-state index contributed by atoms with van der Waals surface area (Å²) in [5.41, 5.74) is -0.488. The minimum absolute atomic E-state index is 0.0559. The summed E-state index contributed by atoms with van der Waals surface area (Å²) in [5.74, 6) is 0.391. The van der Waals surface area contributed by atoms with Gasteiger partial charge in [-0.15, -0.1) is 0 Å². The maximum atomic E-state index is 12.5. The summed E-state index contributed by atoms with van der Waals surface area (Å²) in [4.78, 5) is 17.6. The van der Waals surface area contributed by atoms with Crippen molar-refractivity contribution in [2.75, 3.05) is 46.4 Å². The summed E-state index contributed by atoms with van der Waals surface area (Å²) < 4.78 is 5.37. The molecular weight excluding hydrogens is 266 g/mol. The fraction of sp³-hybridized carbons (Fsp3) is 0.938. The number of rotatable bonds is 7. The highest BCUT2D eigenvalue weighted by atomic mass is 16.5. The molecular formula is C16H29N3O2. The predicted molar refractivity (Wildman–Crippen MR) is 82.2 cm³/mol. The van der Waals surface area contributed by atoms with Crippen molar-refractivity contribution in [3.05, 3.63) is 0 Å². The molecule has 1 heterocycles. The SMILES string of the molecule is CCOC(=O)C(CN1CCN(C2CC2)CC1)(NC)C1CC1. The largest absolute Gasteiger partial charge is 0.465 e. The number of carbonyl (C=O) groups excluding carboxylic acids is 1. The number of esters is 1. The van der Waals surface area contributed by atoms with Crippen LogP contribution in [0.25, 0.3) is 0 Å². The van der Waals surface area contributed by atoms with E-state index in [1.807, 2.05) is 14.0 Å². The van der Waals surface area contributed by atoms with Gasteiger partial charge in [0.2, 0.25) is 0 Å². The molecule has 0 aromatic heterocycles. The van der Waals surface area contributed by atoms with E-state index in [0.29, 0.717) is 12.5 Å². The van der Waals surface area contributed by atoms with Crippen molar-refractivity contribution >= 4 is 5.97 Å². The topological polar surface area (TPSA) is 44.8 Å². The number of likely N-dealkylation sites (N-methyl/N-ethyl adjacent to an activating group) is 1. The summed E-state index contributed by atoms with van der Waals surface area (Å²) in [7, 11) is 1.91. The second kappa shape index (κ2) is 6.23. The summed E-state index contributed by atoms with van der Waals surface area (Å²) in [5, 5.41) is 3.33. The van der Waals surface area contributed by atoms with Gasteiger partial charge in [0.05, 0.1) is 6.61 Å². The molecule has 3 fully saturated rings. The van der Waals surface area contributed by atoms with Gasteiger partial charge in [0.25, 0.3) is 0 Å². The van der Waals surface area contributed by atoms with Crippen molar-refractivity contribution < 1.29 is 9.53 Å². The molecule has 5 nitrogen and oxygen atoms in total. The van der Waals surface area contributed by atoms with Gasteiger partial charge in [0.1, 0.15) is 5.54 Å². The maximum Gasteiger partial charge on any atom is 0.327 e. The Morgan fingerprint density at radius 3 is 2.33 bits per heavy atom. The molecule has 120 valence electrons. The molecule has 0 aromatic carbocycles. The fourth-order valence-electron chi connectivity index (χ4n) is 3.66. The molecule has 0 aromatic rings. The lowest BCUT2D eigenvalue weighted by molar-refractivity contribution is -0.153. The molecule has 1 saturated heterocycles. The molecule has 1 aliphatic heterocycles. The third kappa shape index (κ3) is 3.25. The van der Waals surface area contributed by atoms with Crippen LogP contribution in [0.3, 0.4) is 0 Å². The summed E-state index contributed by atoms with van der Waals surface area (Å²) in [6, 6.07) is 0.856. The van der Waals surface area contributed by atoms with E-state index >= 15 is 0 Å². The second-order valence-electron chi connectivity index (χ2n) is 6.76. The molecule has 0 amide bonds. The average molecular weight is 295 g/mol. The van der Waals surface area contributed by atoms with Crippen LogP contribution in [0.2, 0.25) is 0 Å². The van der Waals surface area contributed by atoms with E-state index < -0.39 is 5.54 Å². The van der Waals surface area contributed by atoms with Gasteiger partial charge in [-0.1, -0.05) is 0 Å². The number of ether oxygens (including phenoxy) is 1. The molecule has 1 atom stereocenters. The van der Waals surface area contributed by atoms with Crippen LogP contribution >= 0.6 is 0 Å². The zero-order valence-corrected chi connectivity index (χ0v) is 13.4. The van der Waals surface area contributed by atoms with Gasteiger partial charge in [0.15, 0.2) is 0 Å². The first-order chi connectivity index (χ1) is 10.2. The Morgan fingerprint density at radius 1 is 1.19 bits per heavy atom. The van der Waals surface area contributed by atoms with Gasteiger partial charge < -0.3 is 10.1 Å². The van der Waals surface area contributed by atoms with Crippen LogP contribution < -0.4 is 5.32 Å². The lowest BCUT2D eigenvalue weighted by Gasteiger charge is -2.40. The predicted octanol–water partition coefficient (Wildman–Crippen LogP) is 0.698. The highest BCUT2D eigenvalue weighted by Gasteiger charge is 2.52. The summed E-state index contributed by atoms with van der Waals surface area (Å²) in [6.07, 6.45) is 5.04. The molecule has 0 bridgehead atoms. The van der Waals surface area contributed by atoms with Crippen molar-refractivity contribution in [1.29, 1.82) is 0 Å². The van der Waals surface area contributed by atoms with Crippen LogP contribution in [0.4, 0.5) is 0 Å². The first-order valence-corrected chi connectivity index (χ1v) is 8.52. The maximum absolute atomic E-state index is 12.5. The third-order valence-corrected chi connectivity index (χ3v) is 5.30. The van der Waals surface area contributed by atoms with Crippen LogP contribution in [-0.4, -0.2) is 73.7 Å². The minimum atomic E-state index is -0.488. The Kier molecular flexibility index (Phi) is 4.52. The van der Waals surface area contributed by atoms with E-state index in [1.165, 1.54) is 12.8 Å². The van der Waals surface area contributed by atoms with Crippen molar-refractivity contribution in [2.24, 2.45) is 5.92 Å². The molecule has 5 heteroatoms. The van der Waals surface area contributed by atoms with E-state index in [-0.39, 0.29) is 5.97 Å². The number of nitrogens with zero attached hydrogens (tertiary/aromatic N) is 2. The van der Waals surface area contributed by atoms with E-state index in [0.717, 1.165) is 51.6 Å². The molecule has 0 spiro atoms. The summed E-state index contributed by atoms with van der Waals surface area (Å²) in [6.45, 7) is 7.60. The molecule has 2 saturated carbocycles. The number of nitrogens with one attached hydrogen (secondary N) is 1. The second-order valence-corrected chi connectivity index (χ2v) is 6.76. The highest BCUT2D eigenvalue weighted by molar-refractivity contribution is 5.82. The first kappa shape index (κ1) is 15.3. The van der Waals surface area contributed by atoms with Crippen molar-refractivity contribution in [3.8, 4) is 0 Å². The van der Waals surface area contributed by atoms with Crippen LogP contribution in [0, 0.1) is 5.92 Å². The van der Waals surface area contributed by atoms with E-state index in [9.17, 15) is 4.79 Å². The standard InChI is InChI=1S/C16H29N3O2/c1-3-21-15(20)16(17-2,13-4-5-13)12-18-8-10-19(11-9-18)14-6-7-14/h13-14,17H,3-12H2,1-2H3. The van der Waals surface area contributed by atoms with Crippen LogP contribution in [0.15, 0.2) is 0 Å². The summed E-state index contributed by atoms with van der Waals surface area (Å²) >= 11 is 0. The Hall–Kier alpha value is -0.650. The van der Waals surface area contributed by atoms with E-state index in [4.69, 9.17) is 4.74 Å². The van der Waals surface area contributed by atoms with Gasteiger partial charge in [-0.3, -0.25) is 9.80 Å². The average Bonchev–Trinajstić information content (AvgIpc) is 3.38. The molecule has 0 radical (unpaired) electrons. The normalized spacial score (nSPS) is 27.3. The van der Waals surface area contributed by atoms with Gasteiger partial charge in [-0.25, -0.2) is 4.79 Å². The van der Waals surface area contributed by atoms with Gasteiger partial charge >= 0.3 is 5.97 Å². The number of hydrogen-bond donors (Lipinski definition) is 1. The zero-order chi connectivity index (χ0) is 14.9. The van der Waals surface area contributed by atoms with E-state index in [1.54, 1.807) is 0 Å². The quantitative estimate of drug-likeness (QED) is 0.701. The van der Waals surface area contributed by atoms with Gasteiger partial charge in [0, 0.05) is 38.8 Å². The van der Waals surface area contributed by atoms with Crippen molar-refractivity contribution in [1.82, 2.24) is 15.1 Å². The molecule has 1 N–H and O–H groups in total. The first-order valence-electron chi connectivity index (χ1n) is 8.52. The Balaban J connectivity index is 1.60. The molecule has 21 heavy (non-hydrogen) atoms. The number of piperazine rings is 1. The molecule has 1 unspecified atom stereocenters. The lowest BCUT2D eigenvalue weighted by atomic mass is 9.92. The highest BCUT2D eigenvalue weighted by Crippen LogP contribution is 2.41. The van der Waals surface area contributed by atoms with Crippen LogP contribution in [0.5, 0.6) is 0 Å². The fourth-order valence-corrected chi connectivity index (χ4v) is 3.66. The Bertz CT molecular complexity index is 374. The van der Waals surface area contributed by atoms with Crippen LogP contribution in [-0.2, 0) is 9.53 Å². The van der Waals surface area contributed by atoms with Crippen LogP contribution in [0.1, 0.15) is 32.6 Å². The zero-order valence-electron chi connectivity index (χ0n) is 13.4. The van der Waals surface area contributed by atoms with Gasteiger partial charge in [-0.2, -0.15) is 0 Å². The number of hydrogen-bond acceptors (Lipinski definition) is 5. The van der Waals surface area contributed by atoms with E-state index in [2.05, 4.69) is 15.1 Å².